The van der Waals surface area contributed by atoms with E-state index in [9.17, 15) is 0 Å². The molecule has 0 aromatic carbocycles. The maximum absolute atomic E-state index is 8.70. The highest BCUT2D eigenvalue weighted by Gasteiger charge is 1.99. The topological polar surface area (TPSA) is 28.7 Å². The lowest BCUT2D eigenvalue weighted by molar-refractivity contribution is 0.515. The molecule has 1 heterocycles. The van der Waals surface area contributed by atoms with Crippen LogP contribution in [0.3, 0.4) is 0 Å². The average molecular weight is 162 g/mol. The molecule has 0 aliphatic rings. The van der Waals surface area contributed by atoms with Gasteiger partial charge in [-0.15, -0.1) is 0 Å². The minimum atomic E-state index is 0.693. The monoisotopic (exact) mass is 162 g/mol. The molecule has 2 nitrogen and oxygen atoms in total. The second-order valence-electron chi connectivity index (χ2n) is 3.38. The van der Waals surface area contributed by atoms with Crippen LogP contribution in [-0.4, -0.2) is 4.57 Å². The quantitative estimate of drug-likeness (QED) is 0.671. The molecule has 1 aromatic rings. The molecular weight excluding hydrogens is 148 g/mol. The summed E-state index contributed by atoms with van der Waals surface area (Å²) in [4.78, 5) is 0. The molecule has 1 rings (SSSR count). The highest BCUT2D eigenvalue weighted by molar-refractivity contribution is 5.21. The molecule has 0 atom stereocenters. The molecule has 0 amide bonds. The third-order valence-corrected chi connectivity index (χ3v) is 1.89. The number of hydrogen-bond donors (Lipinski definition) is 0. The molecule has 0 saturated carbocycles. The van der Waals surface area contributed by atoms with Crippen LogP contribution in [0.15, 0.2) is 18.3 Å². The number of rotatable bonds is 3. The molecule has 2 heteroatoms. The van der Waals surface area contributed by atoms with Crippen LogP contribution < -0.4 is 0 Å². The fourth-order valence-electron chi connectivity index (χ4n) is 1.11. The van der Waals surface area contributed by atoms with Crippen LogP contribution in [0.2, 0.25) is 0 Å². The van der Waals surface area contributed by atoms with E-state index in [1.54, 1.807) is 0 Å². The van der Waals surface area contributed by atoms with Gasteiger partial charge in [-0.05, 0) is 24.5 Å². The molecule has 0 N–H and O–H groups in total. The van der Waals surface area contributed by atoms with E-state index in [-0.39, 0.29) is 0 Å². The zero-order valence-electron chi connectivity index (χ0n) is 7.62. The Bertz CT molecular complexity index is 278. The highest BCUT2D eigenvalue weighted by atomic mass is 15.0. The van der Waals surface area contributed by atoms with E-state index in [2.05, 4.69) is 19.9 Å². The number of aromatic nitrogens is 1. The van der Waals surface area contributed by atoms with Gasteiger partial charge < -0.3 is 4.57 Å². The fraction of sp³-hybridized carbons (Fsp3) is 0.500. The van der Waals surface area contributed by atoms with Gasteiger partial charge in [-0.1, -0.05) is 13.8 Å². The average Bonchev–Trinajstić information content (AvgIpc) is 2.47. The van der Waals surface area contributed by atoms with Gasteiger partial charge in [0.05, 0.1) is 0 Å². The first-order valence-corrected chi connectivity index (χ1v) is 4.29. The molecule has 0 bridgehead atoms. The van der Waals surface area contributed by atoms with Crippen molar-refractivity contribution in [1.29, 1.82) is 5.26 Å². The third-order valence-electron chi connectivity index (χ3n) is 1.89. The first-order valence-electron chi connectivity index (χ1n) is 4.29. The van der Waals surface area contributed by atoms with Gasteiger partial charge in [0, 0.05) is 12.7 Å². The minimum Gasteiger partial charge on any atom is -0.339 e. The zero-order valence-corrected chi connectivity index (χ0v) is 7.62. The zero-order chi connectivity index (χ0) is 8.97. The summed E-state index contributed by atoms with van der Waals surface area (Å²) in [5.74, 6) is 0.693. The van der Waals surface area contributed by atoms with Crippen LogP contribution in [0.1, 0.15) is 26.0 Å². The van der Waals surface area contributed by atoms with E-state index in [0.29, 0.717) is 5.92 Å². The minimum absolute atomic E-state index is 0.693. The van der Waals surface area contributed by atoms with Gasteiger partial charge in [0.2, 0.25) is 0 Å². The molecular formula is C10H14N2. The summed E-state index contributed by atoms with van der Waals surface area (Å²) in [5, 5.41) is 8.70. The summed E-state index contributed by atoms with van der Waals surface area (Å²) in [6.45, 7) is 5.33. The Morgan fingerprint density at radius 2 is 2.33 bits per heavy atom. The number of nitrogens with zero attached hydrogens (tertiary/aromatic N) is 2. The van der Waals surface area contributed by atoms with E-state index in [0.717, 1.165) is 18.7 Å². The second-order valence-corrected chi connectivity index (χ2v) is 3.38. The Hall–Kier alpha value is -1.23. The first-order chi connectivity index (χ1) is 5.74. The van der Waals surface area contributed by atoms with Crippen molar-refractivity contribution in [1.82, 2.24) is 4.57 Å². The van der Waals surface area contributed by atoms with Crippen LogP contribution in [0.5, 0.6) is 0 Å². The Labute approximate surface area is 73.4 Å². The summed E-state index contributed by atoms with van der Waals surface area (Å²) < 4.78 is 2.00. The van der Waals surface area contributed by atoms with E-state index >= 15 is 0 Å². The molecule has 12 heavy (non-hydrogen) atoms. The summed E-state index contributed by atoms with van der Waals surface area (Å²) in [5.41, 5.74) is 0.760. The lowest BCUT2D eigenvalue weighted by Crippen LogP contribution is -2.01. The van der Waals surface area contributed by atoms with Gasteiger partial charge in [0.15, 0.2) is 0 Å². The normalized spacial score (nSPS) is 10.2. The lowest BCUT2D eigenvalue weighted by atomic mass is 10.1. The van der Waals surface area contributed by atoms with E-state index < -0.39 is 0 Å². The summed E-state index contributed by atoms with van der Waals surface area (Å²) in [6.07, 6.45) is 3.09. The predicted molar refractivity (Wildman–Crippen MR) is 48.6 cm³/mol. The maximum atomic E-state index is 8.70. The Kier molecular flexibility index (Phi) is 2.93. The van der Waals surface area contributed by atoms with Crippen molar-refractivity contribution >= 4 is 0 Å². The second kappa shape index (κ2) is 3.96. The largest absolute Gasteiger partial charge is 0.339 e. The predicted octanol–water partition coefficient (Wildman–Crippen LogP) is 2.41. The molecule has 0 saturated heterocycles. The van der Waals surface area contributed by atoms with Crippen molar-refractivity contribution < 1.29 is 0 Å². The standard InChI is InChI=1S/C10H14N2/c1-9(2)5-7-12-6-3-4-10(12)8-11/h3-4,6,9H,5,7H2,1-2H3. The molecule has 0 aliphatic heterocycles. The summed E-state index contributed by atoms with van der Waals surface area (Å²) in [7, 11) is 0. The van der Waals surface area contributed by atoms with E-state index in [1.807, 2.05) is 22.9 Å². The highest BCUT2D eigenvalue weighted by Crippen LogP contribution is 2.06. The van der Waals surface area contributed by atoms with E-state index in [4.69, 9.17) is 5.26 Å². The number of nitriles is 1. The SMILES string of the molecule is CC(C)CCn1cccc1C#N. The van der Waals surface area contributed by atoms with Gasteiger partial charge in [0.25, 0.3) is 0 Å². The van der Waals surface area contributed by atoms with Crippen molar-refractivity contribution in [2.75, 3.05) is 0 Å². The van der Waals surface area contributed by atoms with Gasteiger partial charge in [-0.3, -0.25) is 0 Å². The van der Waals surface area contributed by atoms with Crippen LogP contribution in [0.25, 0.3) is 0 Å². The molecule has 0 aliphatic carbocycles. The Morgan fingerprint density at radius 1 is 1.58 bits per heavy atom. The molecule has 0 unspecified atom stereocenters. The molecule has 0 radical (unpaired) electrons. The number of aryl methyl sites for hydroxylation is 1. The van der Waals surface area contributed by atoms with Crippen LogP contribution in [-0.2, 0) is 6.54 Å². The molecule has 0 fully saturated rings. The van der Waals surface area contributed by atoms with Crippen molar-refractivity contribution in [3.05, 3.63) is 24.0 Å². The maximum Gasteiger partial charge on any atom is 0.120 e. The van der Waals surface area contributed by atoms with Crippen LogP contribution in [0.4, 0.5) is 0 Å². The molecule has 0 spiro atoms. The van der Waals surface area contributed by atoms with Crippen molar-refractivity contribution in [2.24, 2.45) is 5.92 Å². The van der Waals surface area contributed by atoms with Crippen molar-refractivity contribution in [3.8, 4) is 6.07 Å². The van der Waals surface area contributed by atoms with Crippen molar-refractivity contribution in [3.63, 3.8) is 0 Å². The summed E-state index contributed by atoms with van der Waals surface area (Å²) >= 11 is 0. The lowest BCUT2D eigenvalue weighted by Gasteiger charge is -2.06. The Morgan fingerprint density at radius 3 is 2.92 bits per heavy atom. The number of hydrogen-bond acceptors (Lipinski definition) is 1. The van der Waals surface area contributed by atoms with Gasteiger partial charge >= 0.3 is 0 Å². The molecule has 64 valence electrons. The van der Waals surface area contributed by atoms with E-state index in [1.165, 1.54) is 0 Å². The van der Waals surface area contributed by atoms with Crippen LogP contribution in [0, 0.1) is 17.2 Å². The first kappa shape index (κ1) is 8.86. The smallest absolute Gasteiger partial charge is 0.120 e. The fourth-order valence-corrected chi connectivity index (χ4v) is 1.11. The van der Waals surface area contributed by atoms with Gasteiger partial charge in [-0.2, -0.15) is 5.26 Å². The van der Waals surface area contributed by atoms with Crippen LogP contribution >= 0.6 is 0 Å². The molecule has 1 aromatic heterocycles. The van der Waals surface area contributed by atoms with Gasteiger partial charge in [-0.25, -0.2) is 0 Å². The summed E-state index contributed by atoms with van der Waals surface area (Å²) in [6, 6.07) is 5.93. The third kappa shape index (κ3) is 2.13. The van der Waals surface area contributed by atoms with Gasteiger partial charge in [0.1, 0.15) is 11.8 Å². The van der Waals surface area contributed by atoms with Crippen molar-refractivity contribution in [2.45, 2.75) is 26.8 Å². The Balaban J connectivity index is 2.58.